The van der Waals surface area contributed by atoms with Gasteiger partial charge >= 0.3 is 0 Å². The van der Waals surface area contributed by atoms with Gasteiger partial charge in [-0.25, -0.2) is 8.42 Å². The molecule has 8 heteroatoms. The molecular weight excluding hydrogens is 420 g/mol. The van der Waals surface area contributed by atoms with Crippen LogP contribution in [0.15, 0.2) is 57.9 Å². The number of nitrogens with one attached hydrogen (secondary N) is 2. The van der Waals surface area contributed by atoms with E-state index in [-0.39, 0.29) is 10.8 Å². The predicted octanol–water partition coefficient (Wildman–Crippen LogP) is 3.02. The summed E-state index contributed by atoms with van der Waals surface area (Å²) in [4.78, 5) is 12.4. The first-order valence-corrected chi connectivity index (χ1v) is 10.5. The van der Waals surface area contributed by atoms with Gasteiger partial charge in [0.2, 0.25) is 0 Å². The number of halogens is 1. The molecule has 2 aromatic rings. The Bertz CT molecular complexity index is 878. The Labute approximate surface area is 161 Å². The number of benzene rings is 2. The molecule has 0 spiro atoms. The van der Waals surface area contributed by atoms with Gasteiger partial charge in [-0.05, 0) is 48.9 Å². The minimum Gasteiger partial charge on any atom is -0.381 e. The van der Waals surface area contributed by atoms with Gasteiger partial charge in [-0.2, -0.15) is 0 Å². The Hall–Kier alpha value is -1.90. The van der Waals surface area contributed by atoms with E-state index in [2.05, 4.69) is 26.0 Å². The van der Waals surface area contributed by atoms with Crippen molar-refractivity contribution in [2.45, 2.75) is 11.3 Å². The summed E-state index contributed by atoms with van der Waals surface area (Å²) in [5.41, 5.74) is 0.740. The van der Waals surface area contributed by atoms with E-state index < -0.39 is 10.0 Å². The van der Waals surface area contributed by atoms with Crippen LogP contribution >= 0.6 is 15.9 Å². The van der Waals surface area contributed by atoms with Gasteiger partial charge in [0.25, 0.3) is 15.9 Å². The summed E-state index contributed by atoms with van der Waals surface area (Å²) in [6.45, 7) is 1.94. The highest BCUT2D eigenvalue weighted by atomic mass is 79.9. The Morgan fingerprint density at radius 1 is 1.19 bits per heavy atom. The second-order valence-corrected chi connectivity index (χ2v) is 8.68. The fraction of sp³-hybridized carbons (Fsp3) is 0.278. The normalized spacial score (nSPS) is 17.0. The van der Waals surface area contributed by atoms with Crippen molar-refractivity contribution in [2.24, 2.45) is 5.92 Å². The summed E-state index contributed by atoms with van der Waals surface area (Å²) in [5, 5.41) is 2.87. The second kappa shape index (κ2) is 8.20. The van der Waals surface area contributed by atoms with Gasteiger partial charge < -0.3 is 10.1 Å². The first-order chi connectivity index (χ1) is 12.4. The number of sulfonamides is 1. The minimum absolute atomic E-state index is 0.150. The van der Waals surface area contributed by atoms with Crippen molar-refractivity contribution < 1.29 is 17.9 Å². The summed E-state index contributed by atoms with van der Waals surface area (Å²) in [7, 11) is -3.72. The molecule has 0 radical (unpaired) electrons. The molecule has 26 heavy (non-hydrogen) atoms. The second-order valence-electron chi connectivity index (χ2n) is 6.08. The third-order valence-corrected chi connectivity index (χ3v) is 6.00. The lowest BCUT2D eigenvalue weighted by Crippen LogP contribution is -2.29. The molecule has 1 aliphatic heterocycles. The lowest BCUT2D eigenvalue weighted by atomic mass is 10.1. The fourth-order valence-electron chi connectivity index (χ4n) is 2.64. The van der Waals surface area contributed by atoms with E-state index in [0.29, 0.717) is 30.3 Å². The molecule has 6 nitrogen and oxygen atoms in total. The van der Waals surface area contributed by atoms with Crippen molar-refractivity contribution >= 4 is 37.5 Å². The van der Waals surface area contributed by atoms with E-state index in [4.69, 9.17) is 4.74 Å². The lowest BCUT2D eigenvalue weighted by molar-refractivity contribution is 0.0945. The molecule has 0 aromatic heterocycles. The van der Waals surface area contributed by atoms with Gasteiger partial charge in [0.1, 0.15) is 0 Å². The fourth-order valence-corrected chi connectivity index (χ4v) is 3.95. The van der Waals surface area contributed by atoms with E-state index in [9.17, 15) is 13.2 Å². The number of rotatable bonds is 6. The van der Waals surface area contributed by atoms with Crippen LogP contribution in [-0.2, 0) is 14.8 Å². The Balaban J connectivity index is 1.68. The Kier molecular flexibility index (Phi) is 5.95. The highest BCUT2D eigenvalue weighted by Crippen LogP contribution is 2.19. The number of carbonyl (C=O) groups excluding carboxylic acids is 1. The SMILES string of the molecule is O=C(NCC1CCOC1)c1cccc(NS(=O)(=O)c2ccc(Br)cc2)c1. The Morgan fingerprint density at radius 2 is 1.96 bits per heavy atom. The molecule has 1 atom stereocenters. The van der Waals surface area contributed by atoms with Gasteiger partial charge in [0, 0.05) is 34.8 Å². The molecule has 1 fully saturated rings. The Morgan fingerprint density at radius 3 is 2.65 bits per heavy atom. The monoisotopic (exact) mass is 438 g/mol. The summed E-state index contributed by atoms with van der Waals surface area (Å²) in [6, 6.07) is 12.8. The summed E-state index contributed by atoms with van der Waals surface area (Å²) in [5.74, 6) is 0.0969. The third-order valence-electron chi connectivity index (χ3n) is 4.08. The number of anilines is 1. The molecule has 1 amide bonds. The standard InChI is InChI=1S/C18H19BrN2O4S/c19-15-4-6-17(7-5-15)26(23,24)21-16-3-1-2-14(10-16)18(22)20-11-13-8-9-25-12-13/h1-7,10,13,21H,8-9,11-12H2,(H,20,22). The number of ether oxygens (including phenoxy) is 1. The van der Waals surface area contributed by atoms with Crippen LogP contribution in [0.3, 0.4) is 0 Å². The number of hydrogen-bond acceptors (Lipinski definition) is 4. The highest BCUT2D eigenvalue weighted by Gasteiger charge is 2.18. The van der Waals surface area contributed by atoms with Crippen molar-refractivity contribution in [3.05, 3.63) is 58.6 Å². The van der Waals surface area contributed by atoms with Crippen LogP contribution in [0.25, 0.3) is 0 Å². The quantitative estimate of drug-likeness (QED) is 0.725. The number of amides is 1. The molecule has 1 saturated heterocycles. The first-order valence-electron chi connectivity index (χ1n) is 8.18. The van der Waals surface area contributed by atoms with Crippen molar-refractivity contribution in [3.8, 4) is 0 Å². The largest absolute Gasteiger partial charge is 0.381 e. The number of carbonyl (C=O) groups is 1. The molecule has 2 aromatic carbocycles. The molecule has 0 bridgehead atoms. The van der Waals surface area contributed by atoms with Crippen LogP contribution in [0.2, 0.25) is 0 Å². The topological polar surface area (TPSA) is 84.5 Å². The van der Waals surface area contributed by atoms with E-state index >= 15 is 0 Å². The molecule has 0 saturated carbocycles. The van der Waals surface area contributed by atoms with E-state index in [1.165, 1.54) is 18.2 Å². The van der Waals surface area contributed by atoms with E-state index in [1.54, 1.807) is 30.3 Å². The van der Waals surface area contributed by atoms with Gasteiger partial charge in [-0.1, -0.05) is 22.0 Å². The van der Waals surface area contributed by atoms with E-state index in [1.807, 2.05) is 0 Å². The van der Waals surface area contributed by atoms with Crippen molar-refractivity contribution in [1.29, 1.82) is 0 Å². The molecular formula is C18H19BrN2O4S. The summed E-state index contributed by atoms with van der Waals surface area (Å²) >= 11 is 3.28. The van der Waals surface area contributed by atoms with Crippen LogP contribution in [0, 0.1) is 5.92 Å². The lowest BCUT2D eigenvalue weighted by Gasteiger charge is -2.11. The van der Waals surface area contributed by atoms with Crippen LogP contribution in [-0.4, -0.2) is 34.1 Å². The predicted molar refractivity (Wildman–Crippen MR) is 103 cm³/mol. The number of hydrogen-bond donors (Lipinski definition) is 2. The molecule has 1 unspecified atom stereocenters. The zero-order valence-electron chi connectivity index (χ0n) is 13.9. The zero-order chi connectivity index (χ0) is 18.6. The summed E-state index contributed by atoms with van der Waals surface area (Å²) in [6.07, 6.45) is 0.938. The first kappa shape index (κ1) is 18.9. The average molecular weight is 439 g/mol. The highest BCUT2D eigenvalue weighted by molar-refractivity contribution is 9.10. The van der Waals surface area contributed by atoms with E-state index in [0.717, 1.165) is 17.5 Å². The van der Waals surface area contributed by atoms with Crippen LogP contribution in [0.4, 0.5) is 5.69 Å². The minimum atomic E-state index is -3.72. The molecule has 3 rings (SSSR count). The molecule has 2 N–H and O–H groups in total. The van der Waals surface area contributed by atoms with Crippen molar-refractivity contribution in [1.82, 2.24) is 5.32 Å². The molecule has 0 aliphatic carbocycles. The van der Waals surface area contributed by atoms with Crippen molar-refractivity contribution in [2.75, 3.05) is 24.5 Å². The maximum atomic E-state index is 12.5. The third kappa shape index (κ3) is 4.84. The zero-order valence-corrected chi connectivity index (χ0v) is 16.3. The van der Waals surface area contributed by atoms with Gasteiger partial charge in [0.05, 0.1) is 11.5 Å². The van der Waals surface area contributed by atoms with Gasteiger partial charge in [-0.15, -0.1) is 0 Å². The summed E-state index contributed by atoms with van der Waals surface area (Å²) < 4.78 is 33.5. The van der Waals surface area contributed by atoms with Crippen LogP contribution in [0.1, 0.15) is 16.8 Å². The van der Waals surface area contributed by atoms with Crippen LogP contribution < -0.4 is 10.0 Å². The average Bonchev–Trinajstić information content (AvgIpc) is 3.13. The molecule has 138 valence electrons. The van der Waals surface area contributed by atoms with Gasteiger partial charge in [-0.3, -0.25) is 9.52 Å². The van der Waals surface area contributed by atoms with Gasteiger partial charge in [0.15, 0.2) is 0 Å². The maximum Gasteiger partial charge on any atom is 0.261 e. The van der Waals surface area contributed by atoms with Crippen LogP contribution in [0.5, 0.6) is 0 Å². The molecule has 1 heterocycles. The maximum absolute atomic E-state index is 12.5. The van der Waals surface area contributed by atoms with Crippen molar-refractivity contribution in [3.63, 3.8) is 0 Å². The molecule has 1 aliphatic rings. The smallest absolute Gasteiger partial charge is 0.261 e.